The van der Waals surface area contributed by atoms with Gasteiger partial charge in [0.1, 0.15) is 5.60 Å². The van der Waals surface area contributed by atoms with Crippen molar-refractivity contribution in [1.82, 2.24) is 15.5 Å². The van der Waals surface area contributed by atoms with Crippen LogP contribution in [0.25, 0.3) is 5.57 Å². The highest BCUT2D eigenvalue weighted by Gasteiger charge is 2.70. The monoisotopic (exact) mass is 782 g/mol. The van der Waals surface area contributed by atoms with Gasteiger partial charge in [-0.25, -0.2) is 9.59 Å². The zero-order valence-electron chi connectivity index (χ0n) is 37.2. The number of amides is 1. The van der Waals surface area contributed by atoms with Crippen LogP contribution in [0, 0.1) is 63.1 Å². The Hall–Kier alpha value is -2.64. The molecule has 1 heterocycles. The molecule has 314 valence electrons. The largest absolute Gasteiger partial charge is 0.465 e. The molecule has 2 unspecified atom stereocenters. The molecule has 57 heavy (non-hydrogen) atoms. The van der Waals surface area contributed by atoms with Crippen LogP contribution in [0.4, 0.5) is 4.79 Å². The summed E-state index contributed by atoms with van der Waals surface area (Å²) in [5, 5.41) is 8.08. The third-order valence-electron chi connectivity index (χ3n) is 18.3. The van der Waals surface area contributed by atoms with E-state index in [9.17, 15) is 9.59 Å². The summed E-state index contributed by atoms with van der Waals surface area (Å²) in [6.45, 7) is 29.6. The van der Waals surface area contributed by atoms with Crippen molar-refractivity contribution >= 4 is 17.6 Å². The first kappa shape index (κ1) is 41.1. The van der Waals surface area contributed by atoms with Crippen LogP contribution in [0.15, 0.2) is 42.5 Å². The first-order valence-corrected chi connectivity index (χ1v) is 22.8. The zero-order valence-corrected chi connectivity index (χ0v) is 37.2. The molecule has 0 spiro atoms. The van der Waals surface area contributed by atoms with Gasteiger partial charge in [0.2, 0.25) is 0 Å². The summed E-state index contributed by atoms with van der Waals surface area (Å²) in [6.07, 6.45) is 15.1. The number of carbonyl (C=O) groups is 2. The number of nitrogens with one attached hydrogen (secondary N) is 2. The lowest BCUT2D eigenvalue weighted by Crippen LogP contribution is -2.68. The highest BCUT2D eigenvalue weighted by molar-refractivity contribution is 5.90. The molecule has 0 aromatic heterocycles. The standard InChI is InChI=1S/C50H75N3O4/c1-31(2)35-18-23-50(52-27-26-51-29-39-36-28-34(36)30-53(39)44(55)57-45(3,4)5)25-24-48(9)38(42(35)50)16-17-41-47(8)21-19-37(32-12-14-33(15-13-32)43(54)56-11)46(6,7)40(47)20-22-49(41,48)10/h12-15,19,34-36,38-42,51-52H,1,16-18,20-30H2,2-11H3/t34?,35-,36?,38+,39+,40-,41+,42+,47-,48+,49+,50-/m0/s1. The minimum atomic E-state index is -0.466. The van der Waals surface area contributed by atoms with Gasteiger partial charge in [-0.1, -0.05) is 65.0 Å². The van der Waals surface area contributed by atoms with Crippen LogP contribution < -0.4 is 10.6 Å². The van der Waals surface area contributed by atoms with Crippen molar-refractivity contribution in [3.05, 3.63) is 53.6 Å². The Balaban J connectivity index is 0.972. The molecule has 6 fully saturated rings. The lowest BCUT2D eigenvalue weighted by molar-refractivity contribution is -0.219. The predicted octanol–water partition coefficient (Wildman–Crippen LogP) is 10.3. The smallest absolute Gasteiger partial charge is 0.410 e. The maximum atomic E-state index is 13.1. The Bertz CT molecular complexity index is 1780. The predicted molar refractivity (Wildman–Crippen MR) is 230 cm³/mol. The first-order valence-electron chi connectivity index (χ1n) is 22.8. The Labute approximate surface area is 344 Å². The Morgan fingerprint density at radius 1 is 0.912 bits per heavy atom. The van der Waals surface area contributed by atoms with Gasteiger partial charge in [-0.3, -0.25) is 0 Å². The van der Waals surface area contributed by atoms with Crippen molar-refractivity contribution in [2.45, 2.75) is 144 Å². The Morgan fingerprint density at radius 3 is 2.33 bits per heavy atom. The normalized spacial score (nSPS) is 41.4. The second-order valence-corrected chi connectivity index (χ2v) is 22.4. The van der Waals surface area contributed by atoms with E-state index >= 15 is 0 Å². The fourth-order valence-corrected chi connectivity index (χ4v) is 15.5. The zero-order chi connectivity index (χ0) is 40.9. The number of hydrogen-bond acceptors (Lipinski definition) is 6. The number of allylic oxidation sites excluding steroid dienone is 3. The fourth-order valence-electron chi connectivity index (χ4n) is 15.5. The molecule has 0 radical (unpaired) electrons. The lowest BCUT2D eigenvalue weighted by atomic mass is 9.33. The molecule has 1 aromatic rings. The van der Waals surface area contributed by atoms with Gasteiger partial charge in [-0.2, -0.15) is 0 Å². The van der Waals surface area contributed by atoms with Crippen molar-refractivity contribution in [2.24, 2.45) is 63.1 Å². The molecule has 6 aliphatic carbocycles. The number of piperidine rings is 1. The number of hydrogen-bond donors (Lipinski definition) is 2. The van der Waals surface area contributed by atoms with Gasteiger partial charge in [-0.15, -0.1) is 0 Å². The minimum Gasteiger partial charge on any atom is -0.465 e. The molecule has 7 heteroatoms. The maximum Gasteiger partial charge on any atom is 0.410 e. The van der Waals surface area contributed by atoms with Crippen molar-refractivity contribution in [3.8, 4) is 0 Å². The summed E-state index contributed by atoms with van der Waals surface area (Å²) < 4.78 is 10.8. The second kappa shape index (κ2) is 14.2. The molecule has 2 N–H and O–H groups in total. The van der Waals surface area contributed by atoms with Gasteiger partial charge < -0.3 is 25.0 Å². The van der Waals surface area contributed by atoms with E-state index in [1.807, 2.05) is 37.8 Å². The van der Waals surface area contributed by atoms with Crippen molar-refractivity contribution in [1.29, 1.82) is 0 Å². The van der Waals surface area contributed by atoms with E-state index in [-0.39, 0.29) is 34.5 Å². The average molecular weight is 782 g/mol. The van der Waals surface area contributed by atoms with E-state index in [4.69, 9.17) is 9.47 Å². The molecule has 7 aliphatic rings. The van der Waals surface area contributed by atoms with Crippen LogP contribution in [-0.4, -0.2) is 67.4 Å². The number of nitrogens with zero attached hydrogens (tertiary/aromatic N) is 1. The van der Waals surface area contributed by atoms with Gasteiger partial charge in [0, 0.05) is 31.7 Å². The molecule has 5 saturated carbocycles. The molecule has 1 saturated heterocycles. The van der Waals surface area contributed by atoms with E-state index < -0.39 is 5.60 Å². The van der Waals surface area contributed by atoms with Crippen LogP contribution in [0.3, 0.4) is 0 Å². The highest BCUT2D eigenvalue weighted by atomic mass is 16.6. The minimum absolute atomic E-state index is 0.0428. The quantitative estimate of drug-likeness (QED) is 0.148. The highest BCUT2D eigenvalue weighted by Crippen LogP contribution is 2.76. The first-order chi connectivity index (χ1) is 26.8. The number of fused-ring (bicyclic) bond motifs is 8. The van der Waals surface area contributed by atoms with Crippen LogP contribution >= 0.6 is 0 Å². The van der Waals surface area contributed by atoms with Crippen LogP contribution in [0.5, 0.6) is 0 Å². The van der Waals surface area contributed by atoms with E-state index in [0.29, 0.717) is 57.8 Å². The number of rotatable bonds is 9. The van der Waals surface area contributed by atoms with Crippen LogP contribution in [0.2, 0.25) is 0 Å². The third-order valence-corrected chi connectivity index (χ3v) is 18.3. The molecule has 7 nitrogen and oxygen atoms in total. The number of ether oxygens (including phenoxy) is 2. The number of methoxy groups -OCH3 is 1. The fraction of sp³-hybridized carbons (Fsp3) is 0.760. The molecule has 1 aliphatic heterocycles. The van der Waals surface area contributed by atoms with Crippen molar-refractivity contribution in [2.75, 3.05) is 33.3 Å². The third kappa shape index (κ3) is 6.57. The van der Waals surface area contributed by atoms with E-state index in [2.05, 4.69) is 77.0 Å². The van der Waals surface area contributed by atoms with Gasteiger partial charge >= 0.3 is 12.1 Å². The molecule has 8 rings (SSSR count). The summed E-state index contributed by atoms with van der Waals surface area (Å²) >= 11 is 0. The molecular weight excluding hydrogens is 707 g/mol. The van der Waals surface area contributed by atoms with Gasteiger partial charge in [0.25, 0.3) is 0 Å². The van der Waals surface area contributed by atoms with E-state index in [1.165, 1.54) is 81.6 Å². The van der Waals surface area contributed by atoms with Crippen LogP contribution in [-0.2, 0) is 9.47 Å². The lowest BCUT2D eigenvalue weighted by Gasteiger charge is -2.72. The summed E-state index contributed by atoms with van der Waals surface area (Å²) in [5.74, 6) is 4.22. The molecular formula is C50H75N3O4. The molecule has 0 bridgehead atoms. The van der Waals surface area contributed by atoms with Gasteiger partial charge in [0.15, 0.2) is 0 Å². The molecule has 12 atom stereocenters. The topological polar surface area (TPSA) is 79.9 Å². The Kier molecular flexibility index (Phi) is 10.3. The summed E-state index contributed by atoms with van der Waals surface area (Å²) in [4.78, 5) is 27.3. The van der Waals surface area contributed by atoms with Crippen LogP contribution in [0.1, 0.15) is 142 Å². The SMILES string of the molecule is C=C(C)[C@@H]1CC[C@]2(NCCNC[C@@H]3C4CC4CN3C(=O)OC(C)(C)C)CC[C@]3(C)[C@H](CC[C@@H]4[C@@]5(C)CC=C(c6ccc(C(=O)OC)cc6)C(C)(C)[C@@H]5CC[C@]43C)[C@@H]12. The molecule has 1 amide bonds. The number of likely N-dealkylation sites (tertiary alicyclic amines) is 1. The van der Waals surface area contributed by atoms with Crippen molar-refractivity contribution < 1.29 is 19.1 Å². The van der Waals surface area contributed by atoms with Gasteiger partial charge in [-0.05, 0) is 178 Å². The summed E-state index contributed by atoms with van der Waals surface area (Å²) in [6, 6.07) is 8.38. The second-order valence-electron chi connectivity index (χ2n) is 22.4. The summed E-state index contributed by atoms with van der Waals surface area (Å²) in [5.41, 5.74) is 5.28. The average Bonchev–Trinajstić information content (AvgIpc) is 3.66. The molecule has 1 aromatic carbocycles. The number of esters is 1. The summed E-state index contributed by atoms with van der Waals surface area (Å²) in [7, 11) is 1.45. The maximum absolute atomic E-state index is 13.1. The van der Waals surface area contributed by atoms with Gasteiger partial charge in [0.05, 0.1) is 18.7 Å². The van der Waals surface area contributed by atoms with E-state index in [1.54, 1.807) is 0 Å². The number of carbonyl (C=O) groups excluding carboxylic acids is 2. The van der Waals surface area contributed by atoms with E-state index in [0.717, 1.165) is 32.6 Å². The number of benzene rings is 1. The Morgan fingerprint density at radius 2 is 1.65 bits per heavy atom. The van der Waals surface area contributed by atoms with Crippen molar-refractivity contribution in [3.63, 3.8) is 0 Å².